The van der Waals surface area contributed by atoms with Crippen LogP contribution in [0.15, 0.2) is 54.2 Å². The van der Waals surface area contributed by atoms with Crippen LogP contribution in [0.3, 0.4) is 0 Å². The van der Waals surface area contributed by atoms with E-state index in [0.717, 1.165) is 27.5 Å². The quantitative estimate of drug-likeness (QED) is 0.697. The summed E-state index contributed by atoms with van der Waals surface area (Å²) >= 11 is 7.16. The molecule has 1 N–H and O–H groups in total. The fraction of sp³-hybridized carbons (Fsp3) is 0.118. The van der Waals surface area contributed by atoms with Gasteiger partial charge in [-0.2, -0.15) is 0 Å². The highest BCUT2D eigenvalue weighted by Gasteiger charge is 2.08. The van der Waals surface area contributed by atoms with Crippen LogP contribution in [0.1, 0.15) is 6.42 Å². The highest BCUT2D eigenvalue weighted by Crippen LogP contribution is 2.29. The van der Waals surface area contributed by atoms with E-state index in [9.17, 15) is 4.79 Å². The van der Waals surface area contributed by atoms with Crippen LogP contribution in [0.25, 0.3) is 21.8 Å². The first-order chi connectivity index (χ1) is 11.3. The number of nitrogens with zero attached hydrogens (tertiary/aromatic N) is 2. The Balaban J connectivity index is 1.82. The standard InChI is InChI=1S/C17H14ClN3OS/c18-7-4-16(22)20-14-3-1-2-13(10-14)15-11-23-17(21-15)12-5-8-19-9-6-12/h1-3,5-6,8-11H,4,7H2,(H,20,22). The molecular weight excluding hydrogens is 330 g/mol. The molecule has 6 heteroatoms. The molecule has 1 aromatic carbocycles. The van der Waals surface area contributed by atoms with Crippen molar-refractivity contribution in [2.75, 3.05) is 11.2 Å². The van der Waals surface area contributed by atoms with Gasteiger partial charge in [-0.1, -0.05) is 12.1 Å². The largest absolute Gasteiger partial charge is 0.326 e. The fourth-order valence-electron chi connectivity index (χ4n) is 2.10. The van der Waals surface area contributed by atoms with Gasteiger partial charge < -0.3 is 5.32 Å². The lowest BCUT2D eigenvalue weighted by Crippen LogP contribution is -2.11. The molecule has 0 aliphatic carbocycles. The maximum atomic E-state index is 11.6. The number of carbonyl (C=O) groups is 1. The van der Waals surface area contributed by atoms with Gasteiger partial charge in [0.2, 0.25) is 5.91 Å². The Morgan fingerprint density at radius 2 is 2.00 bits per heavy atom. The molecule has 1 amide bonds. The van der Waals surface area contributed by atoms with Gasteiger partial charge in [0.05, 0.1) is 5.69 Å². The van der Waals surface area contributed by atoms with Crippen LogP contribution in [-0.2, 0) is 4.79 Å². The summed E-state index contributed by atoms with van der Waals surface area (Å²) in [4.78, 5) is 20.3. The molecule has 0 aliphatic rings. The SMILES string of the molecule is O=C(CCCl)Nc1cccc(-c2csc(-c3ccncc3)n2)c1. The van der Waals surface area contributed by atoms with Crippen molar-refractivity contribution >= 4 is 34.5 Å². The number of nitrogens with one attached hydrogen (secondary N) is 1. The first kappa shape index (κ1) is 15.6. The molecule has 116 valence electrons. The lowest BCUT2D eigenvalue weighted by Gasteiger charge is -2.05. The average molecular weight is 344 g/mol. The molecule has 0 saturated heterocycles. The van der Waals surface area contributed by atoms with Crippen LogP contribution in [0.2, 0.25) is 0 Å². The van der Waals surface area contributed by atoms with E-state index in [1.54, 1.807) is 23.7 Å². The van der Waals surface area contributed by atoms with Gasteiger partial charge in [-0.3, -0.25) is 9.78 Å². The fourth-order valence-corrected chi connectivity index (χ4v) is 3.11. The number of rotatable bonds is 5. The number of benzene rings is 1. The lowest BCUT2D eigenvalue weighted by atomic mass is 10.1. The van der Waals surface area contributed by atoms with Crippen molar-refractivity contribution in [3.8, 4) is 21.8 Å². The van der Waals surface area contributed by atoms with Gasteiger partial charge in [-0.25, -0.2) is 4.98 Å². The number of carbonyl (C=O) groups excluding carboxylic acids is 1. The average Bonchev–Trinajstić information content (AvgIpc) is 3.06. The smallest absolute Gasteiger partial charge is 0.225 e. The zero-order chi connectivity index (χ0) is 16.1. The van der Waals surface area contributed by atoms with Crippen molar-refractivity contribution in [1.29, 1.82) is 0 Å². The number of thiazole rings is 1. The van der Waals surface area contributed by atoms with Crippen molar-refractivity contribution in [2.45, 2.75) is 6.42 Å². The Kier molecular flexibility index (Phi) is 5.00. The number of pyridine rings is 1. The number of hydrogen-bond donors (Lipinski definition) is 1. The molecule has 0 saturated carbocycles. The topological polar surface area (TPSA) is 54.9 Å². The van der Waals surface area contributed by atoms with E-state index in [-0.39, 0.29) is 5.91 Å². The normalized spacial score (nSPS) is 10.5. The molecule has 0 atom stereocenters. The number of amides is 1. The van der Waals surface area contributed by atoms with E-state index in [0.29, 0.717) is 12.3 Å². The first-order valence-corrected chi connectivity index (χ1v) is 8.50. The second-order valence-electron chi connectivity index (χ2n) is 4.84. The third kappa shape index (κ3) is 3.94. The Hall–Kier alpha value is -2.24. The number of halogens is 1. The van der Waals surface area contributed by atoms with Crippen LogP contribution >= 0.6 is 22.9 Å². The van der Waals surface area contributed by atoms with Crippen molar-refractivity contribution in [3.63, 3.8) is 0 Å². The van der Waals surface area contributed by atoms with Gasteiger partial charge in [-0.05, 0) is 24.3 Å². The van der Waals surface area contributed by atoms with E-state index < -0.39 is 0 Å². The molecule has 0 fully saturated rings. The molecule has 3 rings (SSSR count). The van der Waals surface area contributed by atoms with Crippen molar-refractivity contribution < 1.29 is 4.79 Å². The van der Waals surface area contributed by atoms with E-state index in [1.807, 2.05) is 41.8 Å². The molecule has 0 aliphatic heterocycles. The maximum absolute atomic E-state index is 11.6. The van der Waals surface area contributed by atoms with Gasteiger partial charge in [0.25, 0.3) is 0 Å². The van der Waals surface area contributed by atoms with Crippen molar-refractivity contribution in [3.05, 3.63) is 54.2 Å². The highest BCUT2D eigenvalue weighted by atomic mass is 35.5. The van der Waals surface area contributed by atoms with Gasteiger partial charge in [0.1, 0.15) is 5.01 Å². The number of alkyl halides is 1. The first-order valence-electron chi connectivity index (χ1n) is 7.08. The predicted molar refractivity (Wildman–Crippen MR) is 94.7 cm³/mol. The zero-order valence-electron chi connectivity index (χ0n) is 12.2. The molecule has 3 aromatic rings. The van der Waals surface area contributed by atoms with E-state index in [4.69, 9.17) is 11.6 Å². The molecule has 0 spiro atoms. The number of anilines is 1. The Morgan fingerprint density at radius 3 is 2.78 bits per heavy atom. The number of hydrogen-bond acceptors (Lipinski definition) is 4. The zero-order valence-corrected chi connectivity index (χ0v) is 13.8. The monoisotopic (exact) mass is 343 g/mol. The van der Waals surface area contributed by atoms with Crippen LogP contribution < -0.4 is 5.32 Å². The van der Waals surface area contributed by atoms with Crippen LogP contribution in [0, 0.1) is 0 Å². The van der Waals surface area contributed by atoms with Crippen molar-refractivity contribution in [1.82, 2.24) is 9.97 Å². The second-order valence-corrected chi connectivity index (χ2v) is 6.08. The van der Waals surface area contributed by atoms with E-state index >= 15 is 0 Å². The van der Waals surface area contributed by atoms with Crippen LogP contribution in [0.4, 0.5) is 5.69 Å². The summed E-state index contributed by atoms with van der Waals surface area (Å²) in [6.07, 6.45) is 3.81. The highest BCUT2D eigenvalue weighted by molar-refractivity contribution is 7.13. The Labute approximate surface area is 143 Å². The molecule has 23 heavy (non-hydrogen) atoms. The summed E-state index contributed by atoms with van der Waals surface area (Å²) in [5.74, 6) is 0.222. The molecule has 0 bridgehead atoms. The third-order valence-corrected chi connectivity index (χ3v) is 4.28. The molecule has 2 heterocycles. The predicted octanol–water partition coefficient (Wildman–Crippen LogP) is 4.44. The van der Waals surface area contributed by atoms with Crippen molar-refractivity contribution in [2.24, 2.45) is 0 Å². The van der Waals surface area contributed by atoms with Crippen LogP contribution in [-0.4, -0.2) is 21.8 Å². The van der Waals surface area contributed by atoms with Gasteiger partial charge in [-0.15, -0.1) is 22.9 Å². The summed E-state index contributed by atoms with van der Waals surface area (Å²) in [5, 5.41) is 5.79. The Bertz CT molecular complexity index is 804. The summed E-state index contributed by atoms with van der Waals surface area (Å²) in [7, 11) is 0. The minimum Gasteiger partial charge on any atom is -0.326 e. The summed E-state index contributed by atoms with van der Waals surface area (Å²) in [6, 6.07) is 11.5. The molecule has 4 nitrogen and oxygen atoms in total. The molecule has 2 aromatic heterocycles. The van der Waals surface area contributed by atoms with Gasteiger partial charge >= 0.3 is 0 Å². The molecule has 0 unspecified atom stereocenters. The molecule has 0 radical (unpaired) electrons. The van der Waals surface area contributed by atoms with E-state index in [1.165, 1.54) is 0 Å². The van der Waals surface area contributed by atoms with Crippen LogP contribution in [0.5, 0.6) is 0 Å². The second kappa shape index (κ2) is 7.35. The summed E-state index contributed by atoms with van der Waals surface area (Å²) in [6.45, 7) is 0. The van der Waals surface area contributed by atoms with E-state index in [2.05, 4.69) is 15.3 Å². The van der Waals surface area contributed by atoms with Gasteiger partial charge in [0.15, 0.2) is 0 Å². The number of aromatic nitrogens is 2. The third-order valence-electron chi connectivity index (χ3n) is 3.20. The summed E-state index contributed by atoms with van der Waals surface area (Å²) in [5.41, 5.74) is 3.64. The summed E-state index contributed by atoms with van der Waals surface area (Å²) < 4.78 is 0. The Morgan fingerprint density at radius 1 is 1.17 bits per heavy atom. The maximum Gasteiger partial charge on any atom is 0.225 e. The minimum atomic E-state index is -0.0899. The van der Waals surface area contributed by atoms with Gasteiger partial charge in [0, 0.05) is 46.9 Å². The lowest BCUT2D eigenvalue weighted by molar-refractivity contribution is -0.115. The molecular formula is C17H14ClN3OS. The minimum absolute atomic E-state index is 0.0899.